The Bertz CT molecular complexity index is 450. The summed E-state index contributed by atoms with van der Waals surface area (Å²) in [5, 5.41) is 14.3. The van der Waals surface area contributed by atoms with Crippen molar-refractivity contribution in [1.29, 1.82) is 0 Å². The first-order valence-electron chi connectivity index (χ1n) is 4.59. The highest BCUT2D eigenvalue weighted by atomic mass is 32.2. The van der Waals surface area contributed by atoms with Crippen molar-refractivity contribution >= 4 is 10.2 Å². The zero-order valence-corrected chi connectivity index (χ0v) is 9.24. The van der Waals surface area contributed by atoms with Crippen molar-refractivity contribution in [3.05, 3.63) is 35.6 Å². The SMILES string of the molecule is NS(=O)(=O)NCCC(O)c1cccc(F)c1. The van der Waals surface area contributed by atoms with Gasteiger partial charge in [0.15, 0.2) is 0 Å². The molecule has 1 aromatic carbocycles. The molecule has 4 N–H and O–H groups in total. The molecule has 1 aromatic rings. The number of rotatable bonds is 5. The van der Waals surface area contributed by atoms with Crippen molar-refractivity contribution in [2.24, 2.45) is 5.14 Å². The standard InChI is InChI=1S/C9H13FN2O3S/c10-8-3-1-2-7(6-8)9(13)4-5-12-16(11,14)15/h1-3,6,9,12-13H,4-5H2,(H2,11,14,15). The second-order valence-electron chi connectivity index (χ2n) is 3.30. The Labute approximate surface area is 93.3 Å². The summed E-state index contributed by atoms with van der Waals surface area (Å²) >= 11 is 0. The molecule has 0 saturated heterocycles. The molecule has 0 aliphatic rings. The molecule has 0 fully saturated rings. The van der Waals surface area contributed by atoms with E-state index in [4.69, 9.17) is 5.14 Å². The first-order chi connectivity index (χ1) is 7.38. The van der Waals surface area contributed by atoms with Crippen LogP contribution in [-0.4, -0.2) is 20.1 Å². The summed E-state index contributed by atoms with van der Waals surface area (Å²) in [4.78, 5) is 0. The molecule has 0 aliphatic carbocycles. The Morgan fingerprint density at radius 1 is 1.50 bits per heavy atom. The van der Waals surface area contributed by atoms with E-state index in [1.165, 1.54) is 18.2 Å². The molecule has 0 heterocycles. The largest absolute Gasteiger partial charge is 0.388 e. The average Bonchev–Trinajstić information content (AvgIpc) is 2.15. The summed E-state index contributed by atoms with van der Waals surface area (Å²) in [6.45, 7) is -0.00346. The molecule has 1 unspecified atom stereocenters. The van der Waals surface area contributed by atoms with Crippen molar-refractivity contribution in [1.82, 2.24) is 4.72 Å². The molecule has 0 bridgehead atoms. The first kappa shape index (κ1) is 13.0. The van der Waals surface area contributed by atoms with Gasteiger partial charge in [-0.15, -0.1) is 0 Å². The van der Waals surface area contributed by atoms with Gasteiger partial charge in [-0.2, -0.15) is 8.42 Å². The third-order valence-corrected chi connectivity index (χ3v) is 2.56. The molecule has 16 heavy (non-hydrogen) atoms. The molecular weight excluding hydrogens is 235 g/mol. The van der Waals surface area contributed by atoms with Gasteiger partial charge in [0.25, 0.3) is 10.2 Å². The number of hydrogen-bond acceptors (Lipinski definition) is 3. The molecule has 0 spiro atoms. The lowest BCUT2D eigenvalue weighted by atomic mass is 10.1. The number of aliphatic hydroxyl groups is 1. The van der Waals surface area contributed by atoms with Crippen molar-refractivity contribution < 1.29 is 17.9 Å². The fourth-order valence-electron chi connectivity index (χ4n) is 1.22. The van der Waals surface area contributed by atoms with Crippen LogP contribution in [0, 0.1) is 5.82 Å². The van der Waals surface area contributed by atoms with Crippen LogP contribution in [0.1, 0.15) is 18.1 Å². The lowest BCUT2D eigenvalue weighted by Gasteiger charge is -2.10. The van der Waals surface area contributed by atoms with Crippen LogP contribution < -0.4 is 9.86 Å². The minimum absolute atomic E-state index is 0.00346. The maximum atomic E-state index is 12.8. The third-order valence-electron chi connectivity index (χ3n) is 1.95. The topological polar surface area (TPSA) is 92.4 Å². The van der Waals surface area contributed by atoms with E-state index >= 15 is 0 Å². The van der Waals surface area contributed by atoms with E-state index in [1.54, 1.807) is 6.07 Å². The van der Waals surface area contributed by atoms with Crippen LogP contribution in [0.2, 0.25) is 0 Å². The summed E-state index contributed by atoms with van der Waals surface area (Å²) in [6.07, 6.45) is -0.801. The zero-order chi connectivity index (χ0) is 12.2. The highest BCUT2D eigenvalue weighted by molar-refractivity contribution is 7.87. The molecule has 0 aliphatic heterocycles. The van der Waals surface area contributed by atoms with Crippen LogP contribution in [0.4, 0.5) is 4.39 Å². The second-order valence-corrected chi connectivity index (χ2v) is 4.68. The van der Waals surface area contributed by atoms with Crippen molar-refractivity contribution in [3.8, 4) is 0 Å². The molecule has 90 valence electrons. The Hall–Kier alpha value is -1.02. The van der Waals surface area contributed by atoms with E-state index in [9.17, 15) is 17.9 Å². The van der Waals surface area contributed by atoms with Crippen LogP contribution in [0.5, 0.6) is 0 Å². The Kier molecular flexibility index (Phi) is 4.36. The van der Waals surface area contributed by atoms with E-state index in [-0.39, 0.29) is 13.0 Å². The van der Waals surface area contributed by atoms with Gasteiger partial charge in [-0.1, -0.05) is 12.1 Å². The number of benzene rings is 1. The zero-order valence-electron chi connectivity index (χ0n) is 8.43. The number of nitrogens with one attached hydrogen (secondary N) is 1. The van der Waals surface area contributed by atoms with Crippen molar-refractivity contribution in [2.75, 3.05) is 6.54 Å². The fraction of sp³-hybridized carbons (Fsp3) is 0.333. The maximum absolute atomic E-state index is 12.8. The van der Waals surface area contributed by atoms with Crippen LogP contribution >= 0.6 is 0 Å². The highest BCUT2D eigenvalue weighted by Crippen LogP contribution is 2.16. The van der Waals surface area contributed by atoms with Crippen LogP contribution in [0.25, 0.3) is 0 Å². The summed E-state index contributed by atoms with van der Waals surface area (Å²) < 4.78 is 35.9. The minimum Gasteiger partial charge on any atom is -0.388 e. The molecule has 0 radical (unpaired) electrons. The number of hydrogen-bond donors (Lipinski definition) is 3. The fourth-order valence-corrected chi connectivity index (χ4v) is 1.62. The van der Waals surface area contributed by atoms with E-state index < -0.39 is 22.1 Å². The van der Waals surface area contributed by atoms with Gasteiger partial charge in [0, 0.05) is 6.54 Å². The monoisotopic (exact) mass is 248 g/mol. The van der Waals surface area contributed by atoms with Crippen molar-refractivity contribution in [3.63, 3.8) is 0 Å². The van der Waals surface area contributed by atoms with Gasteiger partial charge in [0.1, 0.15) is 5.82 Å². The van der Waals surface area contributed by atoms with Crippen LogP contribution in [-0.2, 0) is 10.2 Å². The lowest BCUT2D eigenvalue weighted by molar-refractivity contribution is 0.168. The van der Waals surface area contributed by atoms with E-state index in [2.05, 4.69) is 0 Å². The quantitative estimate of drug-likeness (QED) is 0.687. The van der Waals surface area contributed by atoms with Crippen LogP contribution in [0.15, 0.2) is 24.3 Å². The van der Waals surface area contributed by atoms with Gasteiger partial charge >= 0.3 is 0 Å². The highest BCUT2D eigenvalue weighted by Gasteiger charge is 2.09. The molecular formula is C9H13FN2O3S. The van der Waals surface area contributed by atoms with E-state index in [0.717, 1.165) is 0 Å². The predicted molar refractivity (Wildman–Crippen MR) is 57.1 cm³/mol. The Morgan fingerprint density at radius 2 is 2.19 bits per heavy atom. The van der Waals surface area contributed by atoms with Gasteiger partial charge in [0.05, 0.1) is 6.10 Å². The summed E-state index contributed by atoms with van der Waals surface area (Å²) in [6, 6.07) is 5.49. The number of halogens is 1. The van der Waals surface area contributed by atoms with E-state index in [0.29, 0.717) is 5.56 Å². The molecule has 0 amide bonds. The van der Waals surface area contributed by atoms with Gasteiger partial charge in [-0.25, -0.2) is 14.3 Å². The maximum Gasteiger partial charge on any atom is 0.274 e. The summed E-state index contributed by atoms with van der Waals surface area (Å²) in [7, 11) is -3.75. The molecule has 0 saturated carbocycles. The Balaban J connectivity index is 2.50. The molecule has 7 heteroatoms. The van der Waals surface area contributed by atoms with Gasteiger partial charge in [-0.05, 0) is 24.1 Å². The third kappa shape index (κ3) is 4.67. The summed E-state index contributed by atoms with van der Waals surface area (Å²) in [5.41, 5.74) is 0.399. The molecule has 1 atom stereocenters. The van der Waals surface area contributed by atoms with Gasteiger partial charge < -0.3 is 5.11 Å². The molecule has 1 rings (SSSR count). The second kappa shape index (κ2) is 5.35. The van der Waals surface area contributed by atoms with Crippen LogP contribution in [0.3, 0.4) is 0 Å². The average molecular weight is 248 g/mol. The Morgan fingerprint density at radius 3 is 2.75 bits per heavy atom. The predicted octanol–water partition coefficient (Wildman–Crippen LogP) is 0.0423. The number of nitrogens with two attached hydrogens (primary N) is 1. The van der Waals surface area contributed by atoms with E-state index in [1.807, 2.05) is 4.72 Å². The minimum atomic E-state index is -3.75. The molecule has 5 nitrogen and oxygen atoms in total. The number of aliphatic hydroxyl groups excluding tert-OH is 1. The smallest absolute Gasteiger partial charge is 0.274 e. The van der Waals surface area contributed by atoms with Crippen molar-refractivity contribution in [2.45, 2.75) is 12.5 Å². The first-order valence-corrected chi connectivity index (χ1v) is 6.14. The van der Waals surface area contributed by atoms with Gasteiger partial charge in [0.2, 0.25) is 0 Å². The normalized spacial score (nSPS) is 13.7. The molecule has 0 aromatic heterocycles. The lowest BCUT2D eigenvalue weighted by Crippen LogP contribution is -2.32. The van der Waals surface area contributed by atoms with Gasteiger partial charge in [-0.3, -0.25) is 0 Å². The summed E-state index contributed by atoms with van der Waals surface area (Å²) in [5.74, 6) is -0.448.